The van der Waals surface area contributed by atoms with Crippen molar-refractivity contribution in [2.45, 2.75) is 5.38 Å². The van der Waals surface area contributed by atoms with E-state index in [9.17, 15) is 9.59 Å². The maximum atomic E-state index is 11.5. The van der Waals surface area contributed by atoms with Crippen LogP contribution in [-0.4, -0.2) is 30.9 Å². The van der Waals surface area contributed by atoms with Crippen LogP contribution in [0.4, 0.5) is 0 Å². The van der Waals surface area contributed by atoms with E-state index in [0.29, 0.717) is 5.56 Å². The van der Waals surface area contributed by atoms with Crippen molar-refractivity contribution >= 4 is 50.7 Å². The van der Waals surface area contributed by atoms with Crippen LogP contribution in [0.5, 0.6) is 0 Å². The molecule has 1 heterocycles. The largest absolute Gasteiger partial charge is 0.468 e. The van der Waals surface area contributed by atoms with Crippen molar-refractivity contribution in [3.05, 3.63) is 20.8 Å². The van der Waals surface area contributed by atoms with Gasteiger partial charge < -0.3 is 10.1 Å². The first-order valence-corrected chi connectivity index (χ1v) is 6.39. The molecule has 1 atom stereocenters. The van der Waals surface area contributed by atoms with Crippen LogP contribution in [0.2, 0.25) is 0 Å². The Bertz CT molecular complexity index is 396. The number of carbonyl (C=O) groups is 2. The molecule has 0 saturated carbocycles. The summed E-state index contributed by atoms with van der Waals surface area (Å²) in [6, 6.07) is 1.70. The minimum absolute atomic E-state index is 0.0422. The maximum absolute atomic E-state index is 11.5. The van der Waals surface area contributed by atoms with E-state index in [1.807, 2.05) is 0 Å². The van der Waals surface area contributed by atoms with Crippen LogP contribution in [0.15, 0.2) is 15.2 Å². The van der Waals surface area contributed by atoms with Crippen LogP contribution in [0, 0.1) is 0 Å². The lowest BCUT2D eigenvalue weighted by atomic mass is 10.3. The summed E-state index contributed by atoms with van der Waals surface area (Å²) in [5.41, 5.74) is 0.533. The van der Waals surface area contributed by atoms with Crippen LogP contribution in [-0.2, 0) is 9.53 Å². The summed E-state index contributed by atoms with van der Waals surface area (Å²) in [4.78, 5) is 22.5. The molecule has 1 N–H and O–H groups in total. The van der Waals surface area contributed by atoms with Gasteiger partial charge in [0, 0.05) is 11.9 Å². The zero-order valence-corrected chi connectivity index (χ0v) is 11.5. The molecule has 0 fully saturated rings. The van der Waals surface area contributed by atoms with Gasteiger partial charge in [0.15, 0.2) is 0 Å². The molecule has 7 heteroatoms. The number of esters is 1. The highest BCUT2D eigenvalue weighted by molar-refractivity contribution is 9.11. The second-order valence-electron chi connectivity index (χ2n) is 2.84. The Hall–Kier alpha value is -0.590. The molecule has 0 aliphatic rings. The van der Waals surface area contributed by atoms with Gasteiger partial charge in [-0.1, -0.05) is 0 Å². The van der Waals surface area contributed by atoms with Gasteiger partial charge in [0.05, 0.1) is 16.5 Å². The predicted octanol–water partition coefficient (Wildman–Crippen LogP) is 2.02. The Morgan fingerprint density at radius 2 is 2.38 bits per heavy atom. The number of hydrogen-bond acceptors (Lipinski definition) is 4. The van der Waals surface area contributed by atoms with Crippen molar-refractivity contribution in [3.63, 3.8) is 0 Å². The quantitative estimate of drug-likeness (QED) is 0.680. The van der Waals surface area contributed by atoms with Gasteiger partial charge in [-0.15, -0.1) is 22.9 Å². The van der Waals surface area contributed by atoms with E-state index in [1.165, 1.54) is 18.4 Å². The summed E-state index contributed by atoms with van der Waals surface area (Å²) in [7, 11) is 1.25. The van der Waals surface area contributed by atoms with E-state index in [2.05, 4.69) is 26.0 Å². The Morgan fingerprint density at radius 3 is 2.88 bits per heavy atom. The van der Waals surface area contributed by atoms with Crippen molar-refractivity contribution < 1.29 is 14.3 Å². The van der Waals surface area contributed by atoms with E-state index < -0.39 is 11.3 Å². The first-order chi connectivity index (χ1) is 7.54. The van der Waals surface area contributed by atoms with Gasteiger partial charge in [0.25, 0.3) is 5.91 Å². The van der Waals surface area contributed by atoms with Crippen molar-refractivity contribution in [2.75, 3.05) is 13.7 Å². The molecular formula is C9H9BrClNO3S. The van der Waals surface area contributed by atoms with Gasteiger partial charge in [-0.2, -0.15) is 0 Å². The minimum Gasteiger partial charge on any atom is -0.468 e. The third-order valence-electron chi connectivity index (χ3n) is 1.73. The molecule has 0 aliphatic carbocycles. The molecule has 16 heavy (non-hydrogen) atoms. The van der Waals surface area contributed by atoms with E-state index >= 15 is 0 Å². The monoisotopic (exact) mass is 325 g/mol. The average molecular weight is 327 g/mol. The van der Waals surface area contributed by atoms with E-state index in [0.717, 1.165) is 3.79 Å². The van der Waals surface area contributed by atoms with Crippen molar-refractivity contribution in [3.8, 4) is 0 Å². The number of amides is 1. The third kappa shape index (κ3) is 3.77. The number of nitrogens with one attached hydrogen (secondary N) is 1. The highest BCUT2D eigenvalue weighted by atomic mass is 79.9. The number of thiophene rings is 1. The Balaban J connectivity index is 2.44. The fraction of sp³-hybridized carbons (Fsp3) is 0.333. The topological polar surface area (TPSA) is 55.4 Å². The van der Waals surface area contributed by atoms with Crippen molar-refractivity contribution in [1.82, 2.24) is 5.32 Å². The molecule has 1 aromatic heterocycles. The van der Waals surface area contributed by atoms with Crippen LogP contribution >= 0.6 is 38.9 Å². The molecule has 88 valence electrons. The van der Waals surface area contributed by atoms with Crippen molar-refractivity contribution in [1.29, 1.82) is 0 Å². The van der Waals surface area contributed by atoms with Gasteiger partial charge in [0.2, 0.25) is 0 Å². The Morgan fingerprint density at radius 1 is 1.69 bits per heavy atom. The fourth-order valence-corrected chi connectivity index (χ4v) is 2.23. The first-order valence-electron chi connectivity index (χ1n) is 4.28. The summed E-state index contributed by atoms with van der Waals surface area (Å²) in [6.45, 7) is 0.0422. The molecule has 1 unspecified atom stereocenters. The molecule has 0 aliphatic heterocycles. The average Bonchev–Trinajstić information content (AvgIpc) is 2.71. The lowest BCUT2D eigenvalue weighted by Crippen LogP contribution is -2.34. The number of halogens is 2. The number of hydrogen-bond donors (Lipinski definition) is 1. The van der Waals surface area contributed by atoms with Gasteiger partial charge in [0.1, 0.15) is 5.38 Å². The van der Waals surface area contributed by atoms with Crippen molar-refractivity contribution in [2.24, 2.45) is 0 Å². The second-order valence-corrected chi connectivity index (χ2v) is 5.66. The summed E-state index contributed by atoms with van der Waals surface area (Å²) in [5, 5.41) is 3.39. The number of methoxy groups -OCH3 is 1. The molecular weight excluding hydrogens is 318 g/mol. The predicted molar refractivity (Wildman–Crippen MR) is 66.0 cm³/mol. The van der Waals surface area contributed by atoms with E-state index in [1.54, 1.807) is 11.4 Å². The number of rotatable bonds is 4. The summed E-state index contributed by atoms with van der Waals surface area (Å²) >= 11 is 10.3. The standard InChI is InChI=1S/C9H9BrClNO3S/c1-15-9(14)6(11)3-12-8(13)5-2-7(10)16-4-5/h2,4,6H,3H2,1H3,(H,12,13). The second kappa shape index (κ2) is 6.22. The molecule has 0 spiro atoms. The maximum Gasteiger partial charge on any atom is 0.325 e. The number of carbonyl (C=O) groups excluding carboxylic acids is 2. The number of alkyl halides is 1. The van der Waals surface area contributed by atoms with Crippen LogP contribution in [0.1, 0.15) is 10.4 Å². The molecule has 0 radical (unpaired) electrons. The molecule has 0 aromatic carbocycles. The molecule has 1 aromatic rings. The van der Waals surface area contributed by atoms with Gasteiger partial charge >= 0.3 is 5.97 Å². The number of ether oxygens (including phenoxy) is 1. The zero-order chi connectivity index (χ0) is 12.1. The summed E-state index contributed by atoms with van der Waals surface area (Å²) in [6.07, 6.45) is 0. The lowest BCUT2D eigenvalue weighted by Gasteiger charge is -2.07. The smallest absolute Gasteiger partial charge is 0.325 e. The van der Waals surface area contributed by atoms with E-state index in [-0.39, 0.29) is 12.5 Å². The zero-order valence-electron chi connectivity index (χ0n) is 8.33. The lowest BCUT2D eigenvalue weighted by molar-refractivity contribution is -0.140. The van der Waals surface area contributed by atoms with E-state index in [4.69, 9.17) is 11.6 Å². The van der Waals surface area contributed by atoms with Gasteiger partial charge in [-0.3, -0.25) is 9.59 Å². The van der Waals surface area contributed by atoms with Gasteiger partial charge in [-0.25, -0.2) is 0 Å². The highest BCUT2D eigenvalue weighted by Gasteiger charge is 2.17. The van der Waals surface area contributed by atoms with Crippen LogP contribution < -0.4 is 5.32 Å². The Kier molecular flexibility index (Phi) is 5.24. The minimum atomic E-state index is -0.865. The molecule has 1 rings (SSSR count). The normalized spacial score (nSPS) is 11.9. The SMILES string of the molecule is COC(=O)C(Cl)CNC(=O)c1csc(Br)c1. The molecule has 0 bridgehead atoms. The summed E-state index contributed by atoms with van der Waals surface area (Å²) < 4.78 is 5.30. The first kappa shape index (κ1) is 13.5. The van der Waals surface area contributed by atoms with Crippen LogP contribution in [0.3, 0.4) is 0 Å². The third-order valence-corrected chi connectivity index (χ3v) is 3.57. The highest BCUT2D eigenvalue weighted by Crippen LogP contribution is 2.20. The fourth-order valence-electron chi connectivity index (χ4n) is 0.925. The molecule has 4 nitrogen and oxygen atoms in total. The summed E-state index contributed by atoms with van der Waals surface area (Å²) in [5.74, 6) is -0.829. The van der Waals surface area contributed by atoms with Gasteiger partial charge in [-0.05, 0) is 22.0 Å². The Labute approximate surface area is 110 Å². The molecule has 0 saturated heterocycles. The molecule has 1 amide bonds. The van der Waals surface area contributed by atoms with Crippen LogP contribution in [0.25, 0.3) is 0 Å².